The van der Waals surface area contributed by atoms with Gasteiger partial charge in [0.05, 0.1) is 19.3 Å². The molecule has 30 heavy (non-hydrogen) atoms. The van der Waals surface area contributed by atoms with Gasteiger partial charge in [-0.05, 0) is 36.5 Å². The highest BCUT2D eigenvalue weighted by atomic mass is 127. The monoisotopic (exact) mass is 528 g/mol. The number of hydrogen-bond donors (Lipinski definition) is 2. The Bertz CT molecular complexity index is 799. The van der Waals surface area contributed by atoms with E-state index in [1.807, 2.05) is 18.2 Å². The maximum atomic E-state index is 5.63. The first-order valence-electron chi connectivity index (χ1n) is 10.2. The Labute approximate surface area is 196 Å². The number of nitrogens with one attached hydrogen (secondary N) is 2. The highest BCUT2D eigenvalue weighted by molar-refractivity contribution is 14.0. The SMILES string of the molecule is CN=C(NCc1cc(C(C)C)no1)NCC1(c2ccc(OC)cc2)CCOCC1.I. The molecule has 2 aromatic rings. The molecule has 1 aromatic carbocycles. The summed E-state index contributed by atoms with van der Waals surface area (Å²) in [7, 11) is 3.47. The van der Waals surface area contributed by atoms with Gasteiger partial charge < -0.3 is 24.6 Å². The summed E-state index contributed by atoms with van der Waals surface area (Å²) in [6.45, 7) is 7.03. The lowest BCUT2D eigenvalue weighted by Gasteiger charge is -2.38. The number of benzene rings is 1. The van der Waals surface area contributed by atoms with Crippen LogP contribution < -0.4 is 15.4 Å². The Kier molecular flexibility index (Phi) is 9.41. The van der Waals surface area contributed by atoms with E-state index in [0.717, 1.165) is 55.8 Å². The van der Waals surface area contributed by atoms with E-state index in [9.17, 15) is 0 Å². The van der Waals surface area contributed by atoms with Crippen LogP contribution in [0.15, 0.2) is 39.8 Å². The maximum Gasteiger partial charge on any atom is 0.191 e. The minimum absolute atomic E-state index is 0. The first kappa shape index (κ1) is 24.5. The molecule has 0 amide bonds. The van der Waals surface area contributed by atoms with Crippen LogP contribution in [0.3, 0.4) is 0 Å². The highest BCUT2D eigenvalue weighted by Gasteiger charge is 2.34. The van der Waals surface area contributed by atoms with Crippen LogP contribution in [-0.4, -0.2) is 45.0 Å². The van der Waals surface area contributed by atoms with Crippen LogP contribution in [0, 0.1) is 0 Å². The molecule has 1 aliphatic heterocycles. The molecule has 0 aliphatic carbocycles. The third kappa shape index (κ3) is 6.10. The maximum absolute atomic E-state index is 5.63. The van der Waals surface area contributed by atoms with E-state index < -0.39 is 0 Å². The van der Waals surface area contributed by atoms with Crippen LogP contribution in [0.2, 0.25) is 0 Å². The molecule has 0 unspecified atom stereocenters. The normalized spacial score (nSPS) is 16.1. The van der Waals surface area contributed by atoms with Crippen LogP contribution in [-0.2, 0) is 16.7 Å². The number of aromatic nitrogens is 1. The Hall–Kier alpha value is -1.81. The minimum atomic E-state index is -0.000802. The van der Waals surface area contributed by atoms with Crippen molar-refractivity contribution in [2.24, 2.45) is 4.99 Å². The molecule has 0 saturated carbocycles. The summed E-state index contributed by atoms with van der Waals surface area (Å²) in [6.07, 6.45) is 1.92. The van der Waals surface area contributed by atoms with Gasteiger partial charge in [0.2, 0.25) is 0 Å². The van der Waals surface area contributed by atoms with Crippen molar-refractivity contribution >= 4 is 29.9 Å². The second-order valence-electron chi connectivity index (χ2n) is 7.77. The number of halogens is 1. The van der Waals surface area contributed by atoms with Gasteiger partial charge in [-0.1, -0.05) is 31.1 Å². The second-order valence-corrected chi connectivity index (χ2v) is 7.77. The Morgan fingerprint density at radius 3 is 2.47 bits per heavy atom. The van der Waals surface area contributed by atoms with Gasteiger partial charge in [-0.25, -0.2) is 0 Å². The fraction of sp³-hybridized carbons (Fsp3) is 0.545. The van der Waals surface area contributed by atoms with Crippen LogP contribution in [0.1, 0.15) is 49.6 Å². The van der Waals surface area contributed by atoms with Gasteiger partial charge in [-0.2, -0.15) is 0 Å². The summed E-state index contributed by atoms with van der Waals surface area (Å²) in [4.78, 5) is 4.36. The van der Waals surface area contributed by atoms with Crippen LogP contribution in [0.25, 0.3) is 0 Å². The lowest BCUT2D eigenvalue weighted by molar-refractivity contribution is 0.0513. The van der Waals surface area contributed by atoms with Crippen LogP contribution in [0.5, 0.6) is 5.75 Å². The summed E-state index contributed by atoms with van der Waals surface area (Å²) >= 11 is 0. The first-order chi connectivity index (χ1) is 14.1. The molecule has 1 fully saturated rings. The number of guanidine groups is 1. The van der Waals surface area contributed by atoms with Crippen molar-refractivity contribution in [2.75, 3.05) is 33.9 Å². The van der Waals surface area contributed by atoms with E-state index in [0.29, 0.717) is 12.5 Å². The van der Waals surface area contributed by atoms with E-state index in [-0.39, 0.29) is 29.4 Å². The molecule has 8 heteroatoms. The van der Waals surface area contributed by atoms with Gasteiger partial charge in [0.25, 0.3) is 0 Å². The molecule has 0 bridgehead atoms. The average molecular weight is 528 g/mol. The lowest BCUT2D eigenvalue weighted by Crippen LogP contribution is -2.47. The third-order valence-corrected chi connectivity index (χ3v) is 5.57. The van der Waals surface area contributed by atoms with Gasteiger partial charge >= 0.3 is 0 Å². The molecule has 2 N–H and O–H groups in total. The van der Waals surface area contributed by atoms with Crippen LogP contribution in [0.4, 0.5) is 0 Å². The lowest BCUT2D eigenvalue weighted by atomic mass is 9.74. The summed E-state index contributed by atoms with van der Waals surface area (Å²) in [6, 6.07) is 10.3. The van der Waals surface area contributed by atoms with E-state index in [1.54, 1.807) is 14.2 Å². The van der Waals surface area contributed by atoms with Crippen molar-refractivity contribution in [1.82, 2.24) is 15.8 Å². The van der Waals surface area contributed by atoms with E-state index in [4.69, 9.17) is 14.0 Å². The smallest absolute Gasteiger partial charge is 0.191 e. The molecular weight excluding hydrogens is 495 g/mol. The van der Waals surface area contributed by atoms with Crippen molar-refractivity contribution in [3.63, 3.8) is 0 Å². The molecule has 0 atom stereocenters. The predicted octanol–water partition coefficient (Wildman–Crippen LogP) is 3.84. The standard InChI is InChI=1S/C22H32N4O3.HI/c1-16(2)20-13-19(29-26-20)14-24-21(23-3)25-15-22(9-11-28-12-10-22)17-5-7-18(27-4)8-6-17;/h5-8,13,16H,9-12,14-15H2,1-4H3,(H2,23,24,25);1H. The molecular formula is C22H33IN4O3. The number of hydrogen-bond acceptors (Lipinski definition) is 5. The molecule has 0 radical (unpaired) electrons. The summed E-state index contributed by atoms with van der Waals surface area (Å²) in [5.74, 6) is 2.76. The van der Waals surface area contributed by atoms with Crippen molar-refractivity contribution in [3.05, 3.63) is 47.3 Å². The Balaban J connectivity index is 0.00000320. The zero-order valence-electron chi connectivity index (χ0n) is 18.2. The quantitative estimate of drug-likeness (QED) is 0.323. The van der Waals surface area contributed by atoms with Gasteiger partial charge in [0.1, 0.15) is 5.75 Å². The summed E-state index contributed by atoms with van der Waals surface area (Å²) < 4.78 is 16.3. The van der Waals surface area contributed by atoms with E-state index >= 15 is 0 Å². The number of methoxy groups -OCH3 is 1. The molecule has 1 saturated heterocycles. The number of aliphatic imine (C=N–C) groups is 1. The summed E-state index contributed by atoms with van der Waals surface area (Å²) in [5.41, 5.74) is 2.26. The zero-order valence-corrected chi connectivity index (χ0v) is 20.6. The second kappa shape index (κ2) is 11.5. The van der Waals surface area contributed by atoms with Gasteiger partial charge in [-0.15, -0.1) is 24.0 Å². The minimum Gasteiger partial charge on any atom is -0.497 e. The average Bonchev–Trinajstić information content (AvgIpc) is 3.24. The largest absolute Gasteiger partial charge is 0.497 e. The number of nitrogens with zero attached hydrogens (tertiary/aromatic N) is 2. The van der Waals surface area contributed by atoms with Crippen molar-refractivity contribution in [2.45, 2.75) is 44.6 Å². The number of rotatable bonds is 7. The highest BCUT2D eigenvalue weighted by Crippen LogP contribution is 2.35. The van der Waals surface area contributed by atoms with Gasteiger partial charge in [0.15, 0.2) is 11.7 Å². The molecule has 1 aromatic heterocycles. The predicted molar refractivity (Wildman–Crippen MR) is 129 cm³/mol. The van der Waals surface area contributed by atoms with E-state index in [2.05, 4.69) is 46.8 Å². The first-order valence-corrected chi connectivity index (χ1v) is 10.2. The molecule has 0 spiro atoms. The molecule has 166 valence electrons. The third-order valence-electron chi connectivity index (χ3n) is 5.57. The van der Waals surface area contributed by atoms with Crippen LogP contribution >= 0.6 is 24.0 Å². The number of ether oxygens (including phenoxy) is 2. The summed E-state index contributed by atoms with van der Waals surface area (Å²) in [5, 5.41) is 10.9. The van der Waals surface area contributed by atoms with Gasteiger partial charge in [-0.3, -0.25) is 4.99 Å². The zero-order chi connectivity index (χ0) is 20.7. The Morgan fingerprint density at radius 2 is 1.90 bits per heavy atom. The molecule has 1 aliphatic rings. The van der Waals surface area contributed by atoms with Crippen molar-refractivity contribution < 1.29 is 14.0 Å². The molecule has 7 nitrogen and oxygen atoms in total. The Morgan fingerprint density at radius 1 is 1.20 bits per heavy atom. The van der Waals surface area contributed by atoms with Crippen molar-refractivity contribution in [1.29, 1.82) is 0 Å². The fourth-order valence-electron chi connectivity index (χ4n) is 3.60. The van der Waals surface area contributed by atoms with Crippen molar-refractivity contribution in [3.8, 4) is 5.75 Å². The topological polar surface area (TPSA) is 80.9 Å². The van der Waals surface area contributed by atoms with Gasteiger partial charge in [0, 0.05) is 38.3 Å². The fourth-order valence-corrected chi connectivity index (χ4v) is 3.60. The molecule has 2 heterocycles. The molecule has 3 rings (SSSR count). The van der Waals surface area contributed by atoms with E-state index in [1.165, 1.54) is 5.56 Å².